The minimum Gasteiger partial charge on any atom is -0.334 e. The maximum absolute atomic E-state index is 13.6. The lowest BCUT2D eigenvalue weighted by atomic mass is 9.94. The van der Waals surface area contributed by atoms with Gasteiger partial charge in [-0.2, -0.15) is 4.98 Å². The van der Waals surface area contributed by atoms with Crippen LogP contribution in [-0.4, -0.2) is 21.1 Å². The number of allylic oxidation sites excluding steroid dienone is 1. The summed E-state index contributed by atoms with van der Waals surface area (Å²) in [4.78, 5) is 19.5. The fourth-order valence-corrected chi connectivity index (χ4v) is 4.42. The summed E-state index contributed by atoms with van der Waals surface area (Å²) in [5.74, 6) is 0.366. The molecule has 5 rings (SSSR count). The molecule has 2 heterocycles. The van der Waals surface area contributed by atoms with Crippen LogP contribution in [-0.2, 0) is 6.54 Å². The van der Waals surface area contributed by atoms with E-state index in [4.69, 9.17) is 16.1 Å². The van der Waals surface area contributed by atoms with Gasteiger partial charge in [-0.15, -0.1) is 0 Å². The van der Waals surface area contributed by atoms with E-state index in [-0.39, 0.29) is 17.7 Å². The highest BCUT2D eigenvalue weighted by atomic mass is 35.5. The van der Waals surface area contributed by atoms with E-state index in [2.05, 4.69) is 15.5 Å². The Labute approximate surface area is 207 Å². The average molecular weight is 489 g/mol. The number of carbonyl (C=O) groups excluding carboxylic acids is 1. The largest absolute Gasteiger partial charge is 0.334 e. The zero-order chi connectivity index (χ0) is 24.5. The van der Waals surface area contributed by atoms with E-state index in [0.717, 1.165) is 16.7 Å². The van der Waals surface area contributed by atoms with Crippen LogP contribution in [0.1, 0.15) is 35.5 Å². The van der Waals surface area contributed by atoms with Gasteiger partial charge in [0.1, 0.15) is 5.82 Å². The third-order valence-corrected chi connectivity index (χ3v) is 6.20. The first-order chi connectivity index (χ1) is 16.9. The molecule has 4 aromatic rings. The number of nitrogens with one attached hydrogen (secondary N) is 1. The number of nitrogens with zero attached hydrogens (tertiary/aromatic N) is 3. The Morgan fingerprint density at radius 3 is 2.57 bits per heavy atom. The molecule has 2 amide bonds. The van der Waals surface area contributed by atoms with E-state index >= 15 is 0 Å². The first-order valence-electron chi connectivity index (χ1n) is 11.1. The lowest BCUT2D eigenvalue weighted by molar-refractivity contribution is 0.203. The van der Waals surface area contributed by atoms with Crippen LogP contribution in [0, 0.1) is 12.7 Å². The van der Waals surface area contributed by atoms with Crippen molar-refractivity contribution in [3.8, 4) is 11.4 Å². The fraction of sp³-hybridized carbons (Fsp3) is 0.148. The zero-order valence-electron chi connectivity index (χ0n) is 19.1. The van der Waals surface area contributed by atoms with Crippen LogP contribution in [0.15, 0.2) is 83.0 Å². The van der Waals surface area contributed by atoms with Gasteiger partial charge in [0.2, 0.25) is 5.82 Å². The standard InChI is InChI=1S/C27H22ClFN4O2/c1-16-5-3-7-20(13-16)25-31-26(35-32-25)23-17(2)33(15-18-6-4-8-21(28)14-18)27(34)30-24(23)19-9-11-22(29)12-10-19/h3-14,24H,15H2,1-2H3,(H,30,34). The minimum atomic E-state index is -0.593. The van der Waals surface area contributed by atoms with Gasteiger partial charge in [0.15, 0.2) is 0 Å². The van der Waals surface area contributed by atoms with Gasteiger partial charge in [0, 0.05) is 16.3 Å². The van der Waals surface area contributed by atoms with E-state index < -0.39 is 6.04 Å². The summed E-state index contributed by atoms with van der Waals surface area (Å²) in [5.41, 5.74) is 4.77. The molecule has 6 nitrogen and oxygen atoms in total. The molecule has 0 radical (unpaired) electrons. The molecular weight excluding hydrogens is 467 g/mol. The Bertz CT molecular complexity index is 1430. The second kappa shape index (κ2) is 9.35. The highest BCUT2D eigenvalue weighted by molar-refractivity contribution is 6.30. The quantitative estimate of drug-likeness (QED) is 0.346. The minimum absolute atomic E-state index is 0.282. The van der Waals surface area contributed by atoms with Crippen molar-refractivity contribution in [3.05, 3.63) is 112 Å². The molecule has 0 spiro atoms. The number of amides is 2. The van der Waals surface area contributed by atoms with Crippen LogP contribution in [0.25, 0.3) is 17.0 Å². The van der Waals surface area contributed by atoms with E-state index in [0.29, 0.717) is 34.2 Å². The topological polar surface area (TPSA) is 71.3 Å². The Morgan fingerprint density at radius 1 is 1.06 bits per heavy atom. The molecule has 1 unspecified atom stereocenters. The van der Waals surface area contributed by atoms with Crippen molar-refractivity contribution in [3.63, 3.8) is 0 Å². The molecule has 1 aromatic heterocycles. The second-order valence-corrected chi connectivity index (χ2v) is 8.88. The molecule has 1 atom stereocenters. The molecule has 1 aliphatic rings. The van der Waals surface area contributed by atoms with Gasteiger partial charge in [-0.05, 0) is 55.3 Å². The van der Waals surface area contributed by atoms with Crippen molar-refractivity contribution in [1.29, 1.82) is 0 Å². The van der Waals surface area contributed by atoms with Gasteiger partial charge in [-0.25, -0.2) is 9.18 Å². The number of halogens is 2. The summed E-state index contributed by atoms with van der Waals surface area (Å²) in [5, 5.41) is 7.80. The van der Waals surface area contributed by atoms with Gasteiger partial charge in [0.05, 0.1) is 18.2 Å². The van der Waals surface area contributed by atoms with Gasteiger partial charge in [-0.3, -0.25) is 4.90 Å². The van der Waals surface area contributed by atoms with Crippen LogP contribution in [0.4, 0.5) is 9.18 Å². The zero-order valence-corrected chi connectivity index (χ0v) is 19.9. The maximum Gasteiger partial charge on any atom is 0.322 e. The lowest BCUT2D eigenvalue weighted by Gasteiger charge is -2.35. The molecule has 3 aromatic carbocycles. The fourth-order valence-electron chi connectivity index (χ4n) is 4.21. The SMILES string of the molecule is CC1=C(c2nc(-c3cccc(C)c3)no2)C(c2ccc(F)cc2)NC(=O)N1Cc1cccc(Cl)c1. The van der Waals surface area contributed by atoms with Gasteiger partial charge < -0.3 is 9.84 Å². The average Bonchev–Trinajstić information content (AvgIpc) is 3.32. The highest BCUT2D eigenvalue weighted by Crippen LogP contribution is 2.38. The molecule has 1 N–H and O–H groups in total. The number of hydrogen-bond donors (Lipinski definition) is 1. The van der Waals surface area contributed by atoms with Crippen molar-refractivity contribution in [2.24, 2.45) is 0 Å². The third kappa shape index (κ3) is 4.68. The predicted octanol–water partition coefficient (Wildman–Crippen LogP) is 6.54. The molecule has 0 fully saturated rings. The van der Waals surface area contributed by atoms with Crippen molar-refractivity contribution in [2.45, 2.75) is 26.4 Å². The normalized spacial score (nSPS) is 15.9. The molecule has 35 heavy (non-hydrogen) atoms. The van der Waals surface area contributed by atoms with Crippen LogP contribution in [0.3, 0.4) is 0 Å². The molecule has 0 aliphatic carbocycles. The number of rotatable bonds is 5. The molecule has 8 heteroatoms. The Kier molecular flexibility index (Phi) is 6.09. The molecule has 1 aliphatic heterocycles. The van der Waals surface area contributed by atoms with E-state index in [9.17, 15) is 9.18 Å². The summed E-state index contributed by atoms with van der Waals surface area (Å²) >= 11 is 6.15. The van der Waals surface area contributed by atoms with Crippen molar-refractivity contribution >= 4 is 23.2 Å². The molecule has 0 saturated carbocycles. The van der Waals surface area contributed by atoms with Crippen molar-refractivity contribution in [1.82, 2.24) is 20.4 Å². The maximum atomic E-state index is 13.6. The second-order valence-electron chi connectivity index (χ2n) is 8.44. The molecule has 0 saturated heterocycles. The number of hydrogen-bond acceptors (Lipinski definition) is 4. The number of aromatic nitrogens is 2. The summed E-state index contributed by atoms with van der Waals surface area (Å²) < 4.78 is 19.3. The lowest BCUT2D eigenvalue weighted by Crippen LogP contribution is -2.45. The summed E-state index contributed by atoms with van der Waals surface area (Å²) in [6.45, 7) is 4.13. The smallest absolute Gasteiger partial charge is 0.322 e. The predicted molar refractivity (Wildman–Crippen MR) is 132 cm³/mol. The van der Waals surface area contributed by atoms with Crippen LogP contribution < -0.4 is 5.32 Å². The molecule has 176 valence electrons. The van der Waals surface area contributed by atoms with Gasteiger partial charge in [-0.1, -0.05) is 64.8 Å². The summed E-state index contributed by atoms with van der Waals surface area (Å²) in [6.07, 6.45) is 0. The first-order valence-corrected chi connectivity index (χ1v) is 11.5. The van der Waals surface area contributed by atoms with Crippen molar-refractivity contribution < 1.29 is 13.7 Å². The van der Waals surface area contributed by atoms with Crippen molar-refractivity contribution in [2.75, 3.05) is 0 Å². The van der Waals surface area contributed by atoms with Gasteiger partial charge in [0.25, 0.3) is 5.89 Å². The van der Waals surface area contributed by atoms with E-state index in [1.165, 1.54) is 12.1 Å². The number of aryl methyl sites for hydroxylation is 1. The van der Waals surface area contributed by atoms with Crippen LogP contribution in [0.5, 0.6) is 0 Å². The highest BCUT2D eigenvalue weighted by Gasteiger charge is 2.35. The van der Waals surface area contributed by atoms with Crippen LogP contribution >= 0.6 is 11.6 Å². The van der Waals surface area contributed by atoms with Gasteiger partial charge >= 0.3 is 6.03 Å². The number of carbonyl (C=O) groups is 1. The molecule has 0 bridgehead atoms. The Hall–Kier alpha value is -3.97. The monoisotopic (exact) mass is 488 g/mol. The van der Waals surface area contributed by atoms with Crippen LogP contribution in [0.2, 0.25) is 5.02 Å². The number of urea groups is 1. The third-order valence-electron chi connectivity index (χ3n) is 5.96. The van der Waals surface area contributed by atoms with E-state index in [1.54, 1.807) is 23.1 Å². The molecular formula is C27H22ClFN4O2. The first kappa shape index (κ1) is 22.8. The Morgan fingerprint density at radius 2 is 1.83 bits per heavy atom. The number of benzene rings is 3. The summed E-state index contributed by atoms with van der Waals surface area (Å²) in [7, 11) is 0. The van der Waals surface area contributed by atoms with E-state index in [1.807, 2.05) is 56.3 Å². The Balaban J connectivity index is 1.60. The summed E-state index contributed by atoms with van der Waals surface area (Å²) in [6, 6.07) is 20.3.